The summed E-state index contributed by atoms with van der Waals surface area (Å²) >= 11 is 0. The number of halogens is 3. The molecule has 0 aromatic heterocycles. The third-order valence-corrected chi connectivity index (χ3v) is 2.18. The molecule has 0 spiro atoms. The third-order valence-electron chi connectivity index (χ3n) is 2.18. The first-order valence-corrected chi connectivity index (χ1v) is 4.31. The van der Waals surface area contributed by atoms with Crippen molar-refractivity contribution >= 4 is 0 Å². The fourth-order valence-corrected chi connectivity index (χ4v) is 0.692. The van der Waals surface area contributed by atoms with E-state index in [9.17, 15) is 13.2 Å². The molecule has 0 rings (SSSR count). The van der Waals surface area contributed by atoms with Crippen LogP contribution in [0.15, 0.2) is 0 Å². The average molecular weight is 198 g/mol. The maximum absolute atomic E-state index is 12.9. The predicted molar refractivity (Wildman–Crippen MR) is 45.5 cm³/mol. The van der Waals surface area contributed by atoms with Crippen molar-refractivity contribution in [2.24, 2.45) is 5.41 Å². The molecule has 0 fully saturated rings. The van der Waals surface area contributed by atoms with E-state index < -0.39 is 17.7 Å². The Bertz CT molecular complexity index is 149. The Balaban J connectivity index is 3.77. The van der Waals surface area contributed by atoms with Gasteiger partial charge >= 0.3 is 6.11 Å². The van der Waals surface area contributed by atoms with E-state index in [1.165, 1.54) is 6.92 Å². The zero-order chi connectivity index (χ0) is 10.7. The smallest absolute Gasteiger partial charge is 0.321 e. The molecule has 0 aliphatic carbocycles. The molecule has 80 valence electrons. The number of hydrogen-bond donors (Lipinski definition) is 0. The summed E-state index contributed by atoms with van der Waals surface area (Å²) in [7, 11) is 0. The molecule has 0 radical (unpaired) electrons. The molecule has 4 heteroatoms. The summed E-state index contributed by atoms with van der Waals surface area (Å²) < 4.78 is 41.4. The molecule has 0 saturated carbocycles. The highest BCUT2D eigenvalue weighted by Crippen LogP contribution is 2.28. The fourth-order valence-electron chi connectivity index (χ4n) is 0.692. The zero-order valence-corrected chi connectivity index (χ0v) is 8.53. The Kier molecular flexibility index (Phi) is 4.23. The van der Waals surface area contributed by atoms with Crippen molar-refractivity contribution in [3.63, 3.8) is 0 Å². The highest BCUT2D eigenvalue weighted by Gasteiger charge is 2.28. The quantitative estimate of drug-likeness (QED) is 0.658. The Morgan fingerprint density at radius 2 is 1.69 bits per heavy atom. The lowest BCUT2D eigenvalue weighted by Crippen LogP contribution is -2.26. The van der Waals surface area contributed by atoms with Crippen LogP contribution in [0.4, 0.5) is 13.2 Å². The normalized spacial score (nSPS) is 15.9. The number of ether oxygens (including phenoxy) is 1. The maximum atomic E-state index is 12.9. The van der Waals surface area contributed by atoms with Gasteiger partial charge < -0.3 is 4.74 Å². The molecule has 0 aromatic rings. The van der Waals surface area contributed by atoms with Crippen molar-refractivity contribution in [3.8, 4) is 0 Å². The van der Waals surface area contributed by atoms with Crippen LogP contribution in [-0.2, 0) is 4.74 Å². The lowest BCUT2D eigenvalue weighted by molar-refractivity contribution is -0.227. The summed E-state index contributed by atoms with van der Waals surface area (Å²) in [5.41, 5.74) is -0.606. The number of alkyl halides is 3. The minimum absolute atomic E-state index is 0.120. The van der Waals surface area contributed by atoms with E-state index >= 15 is 0 Å². The fraction of sp³-hybridized carbons (Fsp3) is 1.00. The first kappa shape index (κ1) is 12.8. The lowest BCUT2D eigenvalue weighted by atomic mass is 9.85. The second-order valence-corrected chi connectivity index (χ2v) is 4.01. The van der Waals surface area contributed by atoms with E-state index in [1.54, 1.807) is 13.8 Å². The topological polar surface area (TPSA) is 9.23 Å². The molecule has 0 N–H and O–H groups in total. The van der Waals surface area contributed by atoms with Crippen LogP contribution in [0.25, 0.3) is 0 Å². The molecule has 1 unspecified atom stereocenters. The summed E-state index contributed by atoms with van der Waals surface area (Å²) in [6.07, 6.45) is -3.86. The van der Waals surface area contributed by atoms with Crippen LogP contribution in [0.5, 0.6) is 0 Å². The summed E-state index contributed by atoms with van der Waals surface area (Å²) in [4.78, 5) is 0. The molecule has 0 aliphatic rings. The minimum Gasteiger partial charge on any atom is -0.321 e. The predicted octanol–water partition coefficient (Wildman–Crippen LogP) is 3.39. The van der Waals surface area contributed by atoms with Crippen LogP contribution < -0.4 is 0 Å². The molecule has 0 amide bonds. The van der Waals surface area contributed by atoms with Crippen molar-refractivity contribution in [1.29, 1.82) is 0 Å². The van der Waals surface area contributed by atoms with Gasteiger partial charge in [0.15, 0.2) is 0 Å². The average Bonchev–Trinajstić information content (AvgIpc) is 1.82. The summed E-state index contributed by atoms with van der Waals surface area (Å²) in [5, 5.41) is 0. The van der Waals surface area contributed by atoms with Gasteiger partial charge in [-0.15, -0.1) is 0 Å². The highest BCUT2D eigenvalue weighted by atomic mass is 19.3. The Labute approximate surface area is 77.3 Å². The van der Waals surface area contributed by atoms with Crippen molar-refractivity contribution < 1.29 is 17.9 Å². The Morgan fingerprint density at radius 1 is 1.23 bits per heavy atom. The van der Waals surface area contributed by atoms with Gasteiger partial charge in [-0.05, 0) is 18.8 Å². The molecule has 0 heterocycles. The molecule has 13 heavy (non-hydrogen) atoms. The monoisotopic (exact) mass is 198 g/mol. The van der Waals surface area contributed by atoms with Gasteiger partial charge in [-0.3, -0.25) is 0 Å². The summed E-state index contributed by atoms with van der Waals surface area (Å²) in [6, 6.07) is 0. The van der Waals surface area contributed by atoms with Crippen LogP contribution in [0.2, 0.25) is 0 Å². The largest absolute Gasteiger partial charge is 0.352 e. The van der Waals surface area contributed by atoms with Crippen molar-refractivity contribution in [2.75, 3.05) is 6.61 Å². The molecule has 0 bridgehead atoms. The van der Waals surface area contributed by atoms with Gasteiger partial charge in [-0.2, -0.15) is 8.78 Å². The first-order valence-electron chi connectivity index (χ1n) is 4.31. The van der Waals surface area contributed by atoms with Gasteiger partial charge in [-0.25, -0.2) is 4.39 Å². The first-order chi connectivity index (χ1) is 5.65. The molecule has 0 aliphatic heterocycles. The van der Waals surface area contributed by atoms with Crippen LogP contribution in [0.3, 0.4) is 0 Å². The Morgan fingerprint density at radius 3 is 2.00 bits per heavy atom. The highest BCUT2D eigenvalue weighted by molar-refractivity contribution is 4.74. The maximum Gasteiger partial charge on any atom is 0.352 e. The third kappa shape index (κ3) is 5.91. The molecule has 1 nitrogen and oxygen atoms in total. The van der Waals surface area contributed by atoms with Gasteiger partial charge in [0.05, 0.1) is 6.61 Å². The molecular weight excluding hydrogens is 181 g/mol. The number of rotatable bonds is 5. The van der Waals surface area contributed by atoms with Gasteiger partial charge in [0.1, 0.15) is 6.17 Å². The van der Waals surface area contributed by atoms with Crippen molar-refractivity contribution in [3.05, 3.63) is 0 Å². The minimum atomic E-state index is -3.12. The molecule has 1 atom stereocenters. The standard InChI is InChI=1S/C9H17F3O/c1-7(10)8(2,3)5-6-13-9(4,11)12/h7H,5-6H2,1-4H3. The molecule has 0 saturated heterocycles. The SMILES string of the molecule is CC(F)C(C)(C)CCOC(C)(F)F. The summed E-state index contributed by atoms with van der Waals surface area (Å²) in [6.45, 7) is 5.36. The van der Waals surface area contributed by atoms with Crippen LogP contribution >= 0.6 is 0 Å². The van der Waals surface area contributed by atoms with E-state index in [0.29, 0.717) is 6.92 Å². The van der Waals surface area contributed by atoms with Crippen LogP contribution in [-0.4, -0.2) is 18.9 Å². The van der Waals surface area contributed by atoms with Crippen LogP contribution in [0, 0.1) is 5.41 Å². The summed E-state index contributed by atoms with van der Waals surface area (Å²) in [5.74, 6) is 0. The van der Waals surface area contributed by atoms with Gasteiger partial charge in [0, 0.05) is 6.92 Å². The van der Waals surface area contributed by atoms with Crippen LogP contribution in [0.1, 0.15) is 34.1 Å². The van der Waals surface area contributed by atoms with E-state index in [2.05, 4.69) is 4.74 Å². The molecule has 0 aromatic carbocycles. The second-order valence-electron chi connectivity index (χ2n) is 4.01. The second kappa shape index (κ2) is 4.31. The Hall–Kier alpha value is -0.250. The van der Waals surface area contributed by atoms with E-state index in [1.807, 2.05) is 0 Å². The van der Waals surface area contributed by atoms with E-state index in [4.69, 9.17) is 0 Å². The van der Waals surface area contributed by atoms with Crippen molar-refractivity contribution in [1.82, 2.24) is 0 Å². The van der Waals surface area contributed by atoms with E-state index in [0.717, 1.165) is 0 Å². The van der Waals surface area contributed by atoms with Crippen molar-refractivity contribution in [2.45, 2.75) is 46.4 Å². The number of hydrogen-bond acceptors (Lipinski definition) is 1. The molecular formula is C9H17F3O. The van der Waals surface area contributed by atoms with Gasteiger partial charge in [0.2, 0.25) is 0 Å². The van der Waals surface area contributed by atoms with Gasteiger partial charge in [-0.1, -0.05) is 13.8 Å². The van der Waals surface area contributed by atoms with Gasteiger partial charge in [0.25, 0.3) is 0 Å². The van der Waals surface area contributed by atoms with E-state index in [-0.39, 0.29) is 13.0 Å². The lowest BCUT2D eigenvalue weighted by Gasteiger charge is -2.26. The zero-order valence-electron chi connectivity index (χ0n) is 8.53.